The maximum Gasteiger partial charge on any atom is 0.255 e. The summed E-state index contributed by atoms with van der Waals surface area (Å²) >= 11 is 0. The minimum absolute atomic E-state index is 0. The lowest BCUT2D eigenvalue weighted by molar-refractivity contribution is -0.117. The summed E-state index contributed by atoms with van der Waals surface area (Å²) in [4.78, 5) is 26.6. The fraction of sp³-hybridized carbons (Fsp3) is 0.333. The number of carbonyl (C=O) groups excluding carboxylic acids is 2. The van der Waals surface area contributed by atoms with Gasteiger partial charge in [0.2, 0.25) is 5.91 Å². The Labute approximate surface area is 160 Å². The number of anilines is 2. The largest absolute Gasteiger partial charge is 0.412 e. The highest BCUT2D eigenvalue weighted by Gasteiger charge is 2.11. The topological polar surface area (TPSA) is 92.9 Å². The van der Waals surface area contributed by atoms with E-state index < -0.39 is 0 Å². The number of para-hydroxylation sites is 1. The second-order valence-electron chi connectivity index (χ2n) is 6.31. The van der Waals surface area contributed by atoms with Crippen LogP contribution in [0.1, 0.15) is 35.3 Å². The van der Waals surface area contributed by atoms with Gasteiger partial charge in [-0.25, -0.2) is 0 Å². The zero-order valence-corrected chi connectivity index (χ0v) is 16.4. The van der Waals surface area contributed by atoms with Gasteiger partial charge in [0, 0.05) is 16.9 Å². The van der Waals surface area contributed by atoms with Crippen LogP contribution >= 0.6 is 0 Å². The highest BCUT2D eigenvalue weighted by molar-refractivity contribution is 6.05. The Morgan fingerprint density at radius 3 is 1.96 bits per heavy atom. The van der Waals surface area contributed by atoms with Gasteiger partial charge in [-0.15, -0.1) is 0 Å². The molecule has 0 fully saturated rings. The van der Waals surface area contributed by atoms with E-state index in [-0.39, 0.29) is 17.3 Å². The Bertz CT molecular complexity index is 748. The van der Waals surface area contributed by atoms with Crippen LogP contribution in [0, 0.1) is 13.8 Å². The van der Waals surface area contributed by atoms with Crippen LogP contribution < -0.4 is 10.6 Å². The zero-order chi connectivity index (χ0) is 19.1. The molecule has 6 heteroatoms. The molecule has 0 spiro atoms. The Hall–Kier alpha value is -2.70. The number of hydrogen-bond acceptors (Lipinski definition) is 3. The van der Waals surface area contributed by atoms with Crippen molar-refractivity contribution in [3.63, 3.8) is 0 Å². The van der Waals surface area contributed by atoms with Crippen LogP contribution in [0.5, 0.6) is 0 Å². The molecule has 0 aliphatic rings. The molecule has 0 aromatic heterocycles. The van der Waals surface area contributed by atoms with Crippen LogP contribution in [-0.4, -0.2) is 41.8 Å². The second kappa shape index (κ2) is 10.4. The number of carbonyl (C=O) groups is 2. The van der Waals surface area contributed by atoms with Gasteiger partial charge in [-0.2, -0.15) is 0 Å². The van der Waals surface area contributed by atoms with Crippen LogP contribution in [-0.2, 0) is 4.79 Å². The minimum Gasteiger partial charge on any atom is -0.412 e. The fourth-order valence-electron chi connectivity index (χ4n) is 2.75. The van der Waals surface area contributed by atoms with Crippen LogP contribution in [0.25, 0.3) is 0 Å². The van der Waals surface area contributed by atoms with E-state index in [1.165, 1.54) is 0 Å². The number of hydrogen-bond donors (Lipinski definition) is 2. The van der Waals surface area contributed by atoms with Crippen LogP contribution in [0.15, 0.2) is 42.5 Å². The molecule has 0 saturated heterocycles. The van der Waals surface area contributed by atoms with Crippen molar-refractivity contribution in [2.75, 3.05) is 30.3 Å². The summed E-state index contributed by atoms with van der Waals surface area (Å²) in [6.07, 6.45) is 0. The zero-order valence-electron chi connectivity index (χ0n) is 16.4. The number of nitrogens with zero attached hydrogens (tertiary/aromatic N) is 1. The summed E-state index contributed by atoms with van der Waals surface area (Å²) < 4.78 is 0. The van der Waals surface area contributed by atoms with Crippen molar-refractivity contribution in [1.82, 2.24) is 4.90 Å². The van der Waals surface area contributed by atoms with Crippen molar-refractivity contribution in [1.29, 1.82) is 0 Å². The number of aryl methyl sites for hydroxylation is 2. The summed E-state index contributed by atoms with van der Waals surface area (Å²) in [5.74, 6) is -0.218. The Balaban J connectivity index is 0.00000364. The molecule has 0 bridgehead atoms. The molecular weight excluding hydrogens is 342 g/mol. The Morgan fingerprint density at radius 1 is 0.889 bits per heavy atom. The van der Waals surface area contributed by atoms with Crippen molar-refractivity contribution in [2.24, 2.45) is 0 Å². The van der Waals surface area contributed by atoms with Crippen LogP contribution in [0.4, 0.5) is 11.4 Å². The molecule has 27 heavy (non-hydrogen) atoms. The van der Waals surface area contributed by atoms with Gasteiger partial charge in [0.15, 0.2) is 0 Å². The molecule has 0 atom stereocenters. The number of nitrogens with one attached hydrogen (secondary N) is 2. The van der Waals surface area contributed by atoms with E-state index >= 15 is 0 Å². The summed E-state index contributed by atoms with van der Waals surface area (Å²) in [5, 5.41) is 5.83. The predicted molar refractivity (Wildman–Crippen MR) is 110 cm³/mol. The van der Waals surface area contributed by atoms with Gasteiger partial charge in [-0.1, -0.05) is 32.0 Å². The van der Waals surface area contributed by atoms with Crippen molar-refractivity contribution in [2.45, 2.75) is 27.7 Å². The number of likely N-dealkylation sites (N-methyl/N-ethyl adjacent to an activating group) is 1. The van der Waals surface area contributed by atoms with E-state index in [2.05, 4.69) is 10.6 Å². The highest BCUT2D eigenvalue weighted by atomic mass is 16.2. The summed E-state index contributed by atoms with van der Waals surface area (Å²) in [6, 6.07) is 12.8. The molecule has 0 aliphatic carbocycles. The van der Waals surface area contributed by atoms with E-state index in [4.69, 9.17) is 0 Å². The quantitative estimate of drug-likeness (QED) is 0.783. The molecule has 2 amide bonds. The molecule has 4 N–H and O–H groups in total. The van der Waals surface area contributed by atoms with Gasteiger partial charge < -0.3 is 16.1 Å². The van der Waals surface area contributed by atoms with Crippen molar-refractivity contribution in [3.8, 4) is 0 Å². The third-order valence-electron chi connectivity index (χ3n) is 4.41. The van der Waals surface area contributed by atoms with Crippen molar-refractivity contribution < 1.29 is 15.1 Å². The third kappa shape index (κ3) is 6.20. The van der Waals surface area contributed by atoms with E-state index in [1.807, 2.05) is 50.8 Å². The molecule has 2 rings (SSSR count). The monoisotopic (exact) mass is 371 g/mol. The normalized spacial score (nSPS) is 10.3. The summed E-state index contributed by atoms with van der Waals surface area (Å²) in [7, 11) is 0. The molecule has 0 aliphatic heterocycles. The number of benzene rings is 2. The smallest absolute Gasteiger partial charge is 0.255 e. The van der Waals surface area contributed by atoms with Gasteiger partial charge >= 0.3 is 0 Å². The first-order chi connectivity index (χ1) is 12.4. The third-order valence-corrected chi connectivity index (χ3v) is 4.41. The van der Waals surface area contributed by atoms with Gasteiger partial charge in [-0.3, -0.25) is 14.5 Å². The fourth-order valence-corrected chi connectivity index (χ4v) is 2.75. The van der Waals surface area contributed by atoms with Gasteiger partial charge in [0.1, 0.15) is 0 Å². The first-order valence-electron chi connectivity index (χ1n) is 8.94. The average molecular weight is 371 g/mol. The minimum atomic E-state index is -0.164. The molecule has 146 valence electrons. The molecule has 0 heterocycles. The lowest BCUT2D eigenvalue weighted by Crippen LogP contribution is -2.32. The van der Waals surface area contributed by atoms with E-state index in [9.17, 15) is 9.59 Å². The maximum atomic E-state index is 12.5. The standard InChI is InChI=1S/C21H27N3O2.H2O/c1-5-24(6-2)14-19(25)22-18-12-10-17(11-13-18)21(26)23-20-15(3)8-7-9-16(20)4;/h7-13H,5-6,14H2,1-4H3,(H,22,25)(H,23,26);1H2. The molecule has 2 aromatic rings. The van der Waals surface area contributed by atoms with Crippen molar-refractivity contribution >= 4 is 23.2 Å². The molecule has 0 saturated carbocycles. The molecule has 2 aromatic carbocycles. The van der Waals surface area contributed by atoms with Gasteiger partial charge in [0.05, 0.1) is 6.54 Å². The van der Waals surface area contributed by atoms with Gasteiger partial charge in [-0.05, 0) is 62.3 Å². The number of amides is 2. The summed E-state index contributed by atoms with van der Waals surface area (Å²) in [6.45, 7) is 10.0. The van der Waals surface area contributed by atoms with Crippen LogP contribution in [0.2, 0.25) is 0 Å². The Kier molecular flexibility index (Phi) is 8.65. The highest BCUT2D eigenvalue weighted by Crippen LogP contribution is 2.20. The first-order valence-corrected chi connectivity index (χ1v) is 8.94. The molecular formula is C21H29N3O3. The second-order valence-corrected chi connectivity index (χ2v) is 6.31. The molecule has 6 nitrogen and oxygen atoms in total. The average Bonchev–Trinajstić information content (AvgIpc) is 2.63. The summed E-state index contributed by atoms with van der Waals surface area (Å²) in [5.41, 5.74) is 4.13. The first kappa shape index (κ1) is 22.3. The van der Waals surface area contributed by atoms with E-state index in [0.29, 0.717) is 17.8 Å². The molecule has 0 unspecified atom stereocenters. The number of rotatable bonds is 7. The SMILES string of the molecule is CCN(CC)CC(=O)Nc1ccc(C(=O)Nc2c(C)cccc2C)cc1.O. The maximum absolute atomic E-state index is 12.5. The van der Waals surface area contributed by atoms with Gasteiger partial charge in [0.25, 0.3) is 5.91 Å². The molecule has 0 radical (unpaired) electrons. The van der Waals surface area contributed by atoms with Crippen LogP contribution in [0.3, 0.4) is 0 Å². The van der Waals surface area contributed by atoms with Crippen molar-refractivity contribution in [3.05, 3.63) is 59.2 Å². The lowest BCUT2D eigenvalue weighted by Gasteiger charge is -2.17. The predicted octanol–water partition coefficient (Wildman–Crippen LogP) is 3.01. The lowest BCUT2D eigenvalue weighted by atomic mass is 10.1. The Morgan fingerprint density at radius 2 is 1.44 bits per heavy atom. The van der Waals surface area contributed by atoms with E-state index in [1.54, 1.807) is 24.3 Å². The van der Waals surface area contributed by atoms with E-state index in [0.717, 1.165) is 29.9 Å².